The van der Waals surface area contributed by atoms with E-state index in [4.69, 9.17) is 0 Å². The molecule has 20 heavy (non-hydrogen) atoms. The average molecular weight is 279 g/mol. The van der Waals surface area contributed by atoms with Crippen molar-refractivity contribution < 1.29 is 4.79 Å². The predicted octanol–water partition coefficient (Wildman–Crippen LogP) is 6.38. The van der Waals surface area contributed by atoms with Crippen molar-refractivity contribution >= 4 is 6.29 Å². The van der Waals surface area contributed by atoms with Gasteiger partial charge < -0.3 is 0 Å². The lowest BCUT2D eigenvalue weighted by Gasteiger charge is -2.08. The number of allylic oxidation sites excluding steroid dienone is 2. The van der Waals surface area contributed by atoms with Gasteiger partial charge in [-0.1, -0.05) is 77.4 Å². The van der Waals surface area contributed by atoms with Crippen LogP contribution in [0.2, 0.25) is 0 Å². The van der Waals surface area contributed by atoms with E-state index in [1.54, 1.807) is 0 Å². The molecule has 1 heteroatoms. The van der Waals surface area contributed by atoms with Crippen LogP contribution in [0, 0.1) is 5.92 Å². The summed E-state index contributed by atoms with van der Waals surface area (Å²) in [6.45, 7) is 4.63. The Hall–Kier alpha value is -0.590. The van der Waals surface area contributed by atoms with Gasteiger partial charge in [-0.2, -0.15) is 0 Å². The van der Waals surface area contributed by atoms with Crippen LogP contribution in [-0.4, -0.2) is 6.29 Å². The first kappa shape index (κ1) is 19.4. The van der Waals surface area contributed by atoms with E-state index in [2.05, 4.69) is 26.0 Å². The number of carbonyl (C=O) groups excluding carboxylic acids is 1. The Kier molecular flexibility index (Phi) is 16.0. The summed E-state index contributed by atoms with van der Waals surface area (Å²) in [5.74, 6) is 0.835. The maximum atomic E-state index is 10.0. The fraction of sp³-hybridized carbons (Fsp3) is 0.842. The summed E-state index contributed by atoms with van der Waals surface area (Å²) in [5, 5.41) is 0. The van der Waals surface area contributed by atoms with Crippen LogP contribution in [0.1, 0.15) is 97.3 Å². The van der Waals surface area contributed by atoms with Gasteiger partial charge in [0.1, 0.15) is 0 Å². The molecule has 1 unspecified atom stereocenters. The topological polar surface area (TPSA) is 17.1 Å². The van der Waals surface area contributed by atoms with E-state index in [0.29, 0.717) is 6.42 Å². The normalized spacial score (nSPS) is 12.9. The molecule has 0 saturated carbocycles. The molecule has 0 spiro atoms. The van der Waals surface area contributed by atoms with Crippen molar-refractivity contribution in [3.8, 4) is 0 Å². The van der Waals surface area contributed by atoms with Crippen molar-refractivity contribution in [1.29, 1.82) is 0 Å². The number of hydrogen-bond acceptors (Lipinski definition) is 1. The Balaban J connectivity index is 3.23. The molecule has 1 nitrogen and oxygen atoms in total. The first-order chi connectivity index (χ1) is 9.81. The van der Waals surface area contributed by atoms with E-state index in [0.717, 1.165) is 12.3 Å². The van der Waals surface area contributed by atoms with Gasteiger partial charge in [0.15, 0.2) is 6.29 Å². The fourth-order valence-corrected chi connectivity index (χ4v) is 2.47. The zero-order valence-electron chi connectivity index (χ0n) is 13.8. The number of hydrogen-bond donors (Lipinski definition) is 0. The van der Waals surface area contributed by atoms with Crippen molar-refractivity contribution in [1.82, 2.24) is 0 Å². The van der Waals surface area contributed by atoms with Crippen molar-refractivity contribution in [2.24, 2.45) is 5.92 Å². The first-order valence-corrected chi connectivity index (χ1v) is 8.81. The van der Waals surface area contributed by atoms with Crippen molar-refractivity contribution in [3.05, 3.63) is 12.2 Å². The van der Waals surface area contributed by atoms with Gasteiger partial charge in [-0.15, -0.1) is 0 Å². The third-order valence-corrected chi connectivity index (χ3v) is 3.91. The highest BCUT2D eigenvalue weighted by Crippen LogP contribution is 2.15. The molecule has 0 amide bonds. The van der Waals surface area contributed by atoms with Crippen LogP contribution >= 0.6 is 0 Å². The Labute approximate surface area is 127 Å². The molecule has 0 aliphatic rings. The van der Waals surface area contributed by atoms with E-state index < -0.39 is 0 Å². The molecule has 1 atom stereocenters. The minimum Gasteiger partial charge on any atom is -0.291 e. The molecular formula is C19H35O. The molecule has 0 N–H and O–H groups in total. The average Bonchev–Trinajstić information content (AvgIpc) is 2.45. The minimum atomic E-state index is 0.627. The molecule has 1 radical (unpaired) electrons. The highest BCUT2D eigenvalue weighted by molar-refractivity contribution is 5.50. The van der Waals surface area contributed by atoms with E-state index >= 15 is 0 Å². The first-order valence-electron chi connectivity index (χ1n) is 8.81. The summed E-state index contributed by atoms with van der Waals surface area (Å²) in [6.07, 6.45) is 22.8. The largest absolute Gasteiger partial charge is 0.291 e. The van der Waals surface area contributed by atoms with Crippen LogP contribution in [0.4, 0.5) is 0 Å². The Morgan fingerprint density at radius 2 is 1.60 bits per heavy atom. The maximum Gasteiger partial charge on any atom is 0.198 e. The second kappa shape index (κ2) is 16.5. The third-order valence-electron chi connectivity index (χ3n) is 3.91. The molecule has 0 aliphatic heterocycles. The van der Waals surface area contributed by atoms with Crippen LogP contribution in [0.25, 0.3) is 0 Å². The summed E-state index contributed by atoms with van der Waals surface area (Å²) in [6, 6.07) is 0. The summed E-state index contributed by atoms with van der Waals surface area (Å²) in [7, 11) is 0. The molecule has 0 fully saturated rings. The molecule has 0 aliphatic carbocycles. The molecule has 0 bridgehead atoms. The summed E-state index contributed by atoms with van der Waals surface area (Å²) >= 11 is 0. The highest BCUT2D eigenvalue weighted by atomic mass is 16.1. The smallest absolute Gasteiger partial charge is 0.198 e. The van der Waals surface area contributed by atoms with Crippen LogP contribution < -0.4 is 0 Å². The molecule has 0 heterocycles. The zero-order chi connectivity index (χ0) is 14.9. The predicted molar refractivity (Wildman–Crippen MR) is 89.7 cm³/mol. The molecular weight excluding hydrogens is 244 g/mol. The molecule has 0 rings (SSSR count). The highest BCUT2D eigenvalue weighted by Gasteiger charge is 1.99. The third kappa shape index (κ3) is 15.5. The molecule has 0 aromatic carbocycles. The monoisotopic (exact) mass is 279 g/mol. The molecule has 0 aromatic rings. The molecule has 117 valence electrons. The number of unbranched alkanes of at least 4 members (excludes halogenated alkanes) is 9. The lowest BCUT2D eigenvalue weighted by molar-refractivity contribution is 0.485. The Morgan fingerprint density at radius 3 is 2.30 bits per heavy atom. The van der Waals surface area contributed by atoms with Crippen LogP contribution in [-0.2, 0) is 4.79 Å². The lowest BCUT2D eigenvalue weighted by Crippen LogP contribution is -1.92. The van der Waals surface area contributed by atoms with Gasteiger partial charge >= 0.3 is 0 Å². The van der Waals surface area contributed by atoms with Gasteiger partial charge in [0.25, 0.3) is 0 Å². The quantitative estimate of drug-likeness (QED) is 0.251. The van der Waals surface area contributed by atoms with Crippen LogP contribution in [0.3, 0.4) is 0 Å². The summed E-state index contributed by atoms with van der Waals surface area (Å²) in [5.41, 5.74) is 0. The zero-order valence-corrected chi connectivity index (χ0v) is 13.8. The van der Waals surface area contributed by atoms with E-state index in [1.807, 2.05) is 6.29 Å². The van der Waals surface area contributed by atoms with Crippen LogP contribution in [0.15, 0.2) is 12.2 Å². The minimum absolute atomic E-state index is 0.627. The fourth-order valence-electron chi connectivity index (χ4n) is 2.47. The standard InChI is InChI=1S/C19H35O/c1-3-4-5-6-10-13-16-19(2)17-14-11-8-7-9-12-15-18-20/h10,13,19H,3-9,11-12,14-17H2,1-2H3/b13-10+. The van der Waals surface area contributed by atoms with Gasteiger partial charge in [-0.3, -0.25) is 4.79 Å². The van der Waals surface area contributed by atoms with Crippen LogP contribution in [0.5, 0.6) is 0 Å². The van der Waals surface area contributed by atoms with E-state index in [-0.39, 0.29) is 0 Å². The van der Waals surface area contributed by atoms with Gasteiger partial charge in [0, 0.05) is 6.42 Å². The SMILES string of the molecule is CCCCC/C=C/CC(C)CCCCCCCC[C]=O. The van der Waals surface area contributed by atoms with Crippen molar-refractivity contribution in [2.75, 3.05) is 0 Å². The van der Waals surface area contributed by atoms with Gasteiger partial charge in [-0.05, 0) is 31.6 Å². The van der Waals surface area contributed by atoms with Crippen molar-refractivity contribution in [2.45, 2.75) is 97.3 Å². The molecule has 0 aromatic heterocycles. The van der Waals surface area contributed by atoms with Gasteiger partial charge in [0.2, 0.25) is 0 Å². The van der Waals surface area contributed by atoms with Gasteiger partial charge in [0.05, 0.1) is 0 Å². The van der Waals surface area contributed by atoms with E-state index in [9.17, 15) is 4.79 Å². The van der Waals surface area contributed by atoms with Crippen molar-refractivity contribution in [3.63, 3.8) is 0 Å². The lowest BCUT2D eigenvalue weighted by atomic mass is 9.98. The number of rotatable bonds is 15. The summed E-state index contributed by atoms with van der Waals surface area (Å²) in [4.78, 5) is 10.0. The second-order valence-corrected chi connectivity index (χ2v) is 6.11. The van der Waals surface area contributed by atoms with Gasteiger partial charge in [-0.25, -0.2) is 0 Å². The Morgan fingerprint density at radius 1 is 0.900 bits per heavy atom. The second-order valence-electron chi connectivity index (χ2n) is 6.11. The molecule has 0 saturated heterocycles. The maximum absolute atomic E-state index is 10.0. The van der Waals surface area contributed by atoms with E-state index in [1.165, 1.54) is 70.6 Å². The Bertz CT molecular complexity index is 220. The summed E-state index contributed by atoms with van der Waals surface area (Å²) < 4.78 is 0.